The van der Waals surface area contributed by atoms with Gasteiger partial charge in [-0.25, -0.2) is 12.8 Å². The number of rotatable bonds is 6. The van der Waals surface area contributed by atoms with Gasteiger partial charge in [-0.1, -0.05) is 17.7 Å². The average molecular weight is 462 g/mol. The molecule has 7 nitrogen and oxygen atoms in total. The van der Waals surface area contributed by atoms with Crippen molar-refractivity contribution in [3.05, 3.63) is 58.4 Å². The normalized spacial score (nSPS) is 14.4. The number of likely N-dealkylation sites (N-methyl/N-ethyl adjacent to an activating group) is 1. The van der Waals surface area contributed by atoms with Gasteiger partial charge in [-0.3, -0.25) is 9.59 Å². The number of benzene rings is 2. The van der Waals surface area contributed by atoms with E-state index in [0.717, 1.165) is 41.7 Å². The monoisotopic (exact) mass is 461 g/mol. The summed E-state index contributed by atoms with van der Waals surface area (Å²) in [7, 11) is -2.58. The van der Waals surface area contributed by atoms with Crippen molar-refractivity contribution in [1.82, 2.24) is 9.21 Å². The molecule has 2 amide bonds. The van der Waals surface area contributed by atoms with Crippen molar-refractivity contribution < 1.29 is 22.4 Å². The number of halogens is 1. The Labute approximate surface area is 188 Å². The lowest BCUT2D eigenvalue weighted by Gasteiger charge is -2.20. The average Bonchev–Trinajstić information content (AvgIpc) is 3.26. The molecule has 32 heavy (non-hydrogen) atoms. The van der Waals surface area contributed by atoms with E-state index in [1.54, 1.807) is 0 Å². The van der Waals surface area contributed by atoms with Crippen molar-refractivity contribution in [2.45, 2.75) is 38.5 Å². The molecule has 0 unspecified atom stereocenters. The standard InChI is InChI=1S/C23H28FN3O4S/c1-15-11-16(2)22(17(3)12-15)25-21(28)14-26(4)23(29)18-7-8-19(24)20(13-18)32(30,31)27-9-5-6-10-27/h7-8,11-13H,5-6,9-10,14H2,1-4H3,(H,25,28). The molecule has 1 N–H and O–H groups in total. The number of amides is 2. The van der Waals surface area contributed by atoms with Gasteiger partial charge in [0.25, 0.3) is 5.91 Å². The molecular weight excluding hydrogens is 433 g/mol. The Morgan fingerprint density at radius 3 is 2.25 bits per heavy atom. The summed E-state index contributed by atoms with van der Waals surface area (Å²) in [6.45, 7) is 6.18. The smallest absolute Gasteiger partial charge is 0.254 e. The van der Waals surface area contributed by atoms with E-state index in [9.17, 15) is 22.4 Å². The number of nitrogens with zero attached hydrogens (tertiary/aromatic N) is 2. The number of carbonyl (C=O) groups is 2. The summed E-state index contributed by atoms with van der Waals surface area (Å²) >= 11 is 0. The topological polar surface area (TPSA) is 86.8 Å². The molecule has 9 heteroatoms. The SMILES string of the molecule is Cc1cc(C)c(NC(=O)CN(C)C(=O)c2ccc(F)c(S(=O)(=O)N3CCCC3)c2)c(C)c1. The van der Waals surface area contributed by atoms with E-state index >= 15 is 0 Å². The molecule has 2 aromatic rings. The van der Waals surface area contributed by atoms with Gasteiger partial charge in [0, 0.05) is 31.4 Å². The Hall–Kier alpha value is -2.78. The molecule has 0 aliphatic carbocycles. The second-order valence-corrected chi connectivity index (χ2v) is 10.1. The van der Waals surface area contributed by atoms with E-state index < -0.39 is 26.6 Å². The number of hydrogen-bond acceptors (Lipinski definition) is 4. The minimum Gasteiger partial charge on any atom is -0.332 e. The van der Waals surface area contributed by atoms with E-state index in [4.69, 9.17) is 0 Å². The van der Waals surface area contributed by atoms with Crippen LogP contribution < -0.4 is 5.32 Å². The van der Waals surface area contributed by atoms with Crippen molar-refractivity contribution in [2.75, 3.05) is 32.0 Å². The van der Waals surface area contributed by atoms with Crippen molar-refractivity contribution in [3.8, 4) is 0 Å². The lowest BCUT2D eigenvalue weighted by atomic mass is 10.1. The number of hydrogen-bond donors (Lipinski definition) is 1. The second-order valence-electron chi connectivity index (χ2n) is 8.24. The Kier molecular flexibility index (Phi) is 7.00. The summed E-state index contributed by atoms with van der Waals surface area (Å²) in [5.74, 6) is -1.86. The Balaban J connectivity index is 1.75. The molecule has 172 valence electrons. The third-order valence-electron chi connectivity index (χ3n) is 5.53. The third-order valence-corrected chi connectivity index (χ3v) is 7.44. The molecule has 2 aromatic carbocycles. The summed E-state index contributed by atoms with van der Waals surface area (Å²) < 4.78 is 41.1. The third kappa shape index (κ3) is 4.99. The van der Waals surface area contributed by atoms with Crippen LogP contribution in [0.4, 0.5) is 10.1 Å². The van der Waals surface area contributed by atoms with Crippen molar-refractivity contribution in [1.29, 1.82) is 0 Å². The van der Waals surface area contributed by atoms with Crippen LogP contribution in [0.2, 0.25) is 0 Å². The first-order valence-electron chi connectivity index (χ1n) is 10.4. The van der Waals surface area contributed by atoms with E-state index in [1.165, 1.54) is 22.3 Å². The van der Waals surface area contributed by atoms with Crippen molar-refractivity contribution in [3.63, 3.8) is 0 Å². The maximum atomic E-state index is 14.3. The van der Waals surface area contributed by atoms with Crippen LogP contribution >= 0.6 is 0 Å². The molecule has 0 bridgehead atoms. The van der Waals surface area contributed by atoms with Crippen LogP contribution in [0.5, 0.6) is 0 Å². The maximum absolute atomic E-state index is 14.3. The van der Waals surface area contributed by atoms with Gasteiger partial charge >= 0.3 is 0 Å². The van der Waals surface area contributed by atoms with Crippen LogP contribution in [-0.2, 0) is 14.8 Å². The molecule has 1 aliphatic heterocycles. The lowest BCUT2D eigenvalue weighted by Crippen LogP contribution is -2.35. The highest BCUT2D eigenvalue weighted by Gasteiger charge is 2.30. The van der Waals surface area contributed by atoms with Gasteiger partial charge in [0.15, 0.2) is 0 Å². The fourth-order valence-corrected chi connectivity index (χ4v) is 5.57. The van der Waals surface area contributed by atoms with Gasteiger partial charge in [0.1, 0.15) is 10.7 Å². The van der Waals surface area contributed by atoms with E-state index in [-0.39, 0.29) is 18.0 Å². The summed E-state index contributed by atoms with van der Waals surface area (Å²) in [4.78, 5) is 26.0. The van der Waals surface area contributed by atoms with Gasteiger partial charge in [0.2, 0.25) is 15.9 Å². The van der Waals surface area contributed by atoms with Crippen LogP contribution in [0.25, 0.3) is 0 Å². The number of aryl methyl sites for hydroxylation is 3. The predicted molar refractivity (Wildman–Crippen MR) is 121 cm³/mol. The van der Waals surface area contributed by atoms with Crippen LogP contribution in [-0.4, -0.2) is 56.1 Å². The summed E-state index contributed by atoms with van der Waals surface area (Å²) in [5, 5.41) is 2.83. The van der Waals surface area contributed by atoms with Gasteiger partial charge in [-0.15, -0.1) is 0 Å². The van der Waals surface area contributed by atoms with Crippen LogP contribution in [0.1, 0.15) is 39.9 Å². The van der Waals surface area contributed by atoms with Gasteiger partial charge in [-0.2, -0.15) is 4.31 Å². The first-order valence-corrected chi connectivity index (χ1v) is 11.9. The highest BCUT2D eigenvalue weighted by Crippen LogP contribution is 2.25. The number of sulfonamides is 1. The second kappa shape index (κ2) is 9.38. The molecule has 0 saturated carbocycles. The Bertz CT molecular complexity index is 1130. The summed E-state index contributed by atoms with van der Waals surface area (Å²) in [6, 6.07) is 7.16. The van der Waals surface area contributed by atoms with Crippen molar-refractivity contribution >= 4 is 27.5 Å². The maximum Gasteiger partial charge on any atom is 0.254 e. The van der Waals surface area contributed by atoms with E-state index in [2.05, 4.69) is 5.32 Å². The predicted octanol–water partition coefficient (Wildman–Crippen LogP) is 3.25. The Morgan fingerprint density at radius 2 is 1.66 bits per heavy atom. The molecule has 0 spiro atoms. The molecule has 0 atom stereocenters. The quantitative estimate of drug-likeness (QED) is 0.716. The summed E-state index contributed by atoms with van der Waals surface area (Å²) in [6.07, 6.45) is 1.44. The fraction of sp³-hybridized carbons (Fsp3) is 0.391. The van der Waals surface area contributed by atoms with Crippen LogP contribution in [0.15, 0.2) is 35.2 Å². The Morgan fingerprint density at radius 1 is 1.06 bits per heavy atom. The minimum atomic E-state index is -4.02. The van der Waals surface area contributed by atoms with Crippen LogP contribution in [0, 0.1) is 26.6 Å². The van der Waals surface area contributed by atoms with E-state index in [0.29, 0.717) is 18.8 Å². The largest absolute Gasteiger partial charge is 0.332 e. The molecule has 1 saturated heterocycles. The first-order chi connectivity index (χ1) is 15.0. The highest BCUT2D eigenvalue weighted by atomic mass is 32.2. The first kappa shape index (κ1) is 23.9. The molecule has 0 aromatic heterocycles. The molecule has 1 heterocycles. The minimum absolute atomic E-state index is 0.00201. The highest BCUT2D eigenvalue weighted by molar-refractivity contribution is 7.89. The zero-order valence-corrected chi connectivity index (χ0v) is 19.6. The van der Waals surface area contributed by atoms with Gasteiger partial charge in [-0.05, 0) is 62.9 Å². The fourth-order valence-electron chi connectivity index (χ4n) is 3.97. The molecule has 1 aliphatic rings. The van der Waals surface area contributed by atoms with Crippen molar-refractivity contribution in [2.24, 2.45) is 0 Å². The van der Waals surface area contributed by atoms with E-state index in [1.807, 2.05) is 32.9 Å². The number of anilines is 1. The molecule has 1 fully saturated rings. The zero-order chi connectivity index (χ0) is 23.6. The van der Waals surface area contributed by atoms with Crippen LogP contribution in [0.3, 0.4) is 0 Å². The molecule has 0 radical (unpaired) electrons. The number of carbonyl (C=O) groups excluding carboxylic acids is 2. The zero-order valence-electron chi connectivity index (χ0n) is 18.7. The molecular formula is C23H28FN3O4S. The summed E-state index contributed by atoms with van der Waals surface area (Å²) in [5.41, 5.74) is 3.62. The van der Waals surface area contributed by atoms with Gasteiger partial charge in [0.05, 0.1) is 6.54 Å². The number of nitrogens with one attached hydrogen (secondary N) is 1. The lowest BCUT2D eigenvalue weighted by molar-refractivity contribution is -0.116. The molecule has 3 rings (SSSR count). The van der Waals surface area contributed by atoms with Gasteiger partial charge < -0.3 is 10.2 Å².